The van der Waals surface area contributed by atoms with Gasteiger partial charge in [0.1, 0.15) is 46.9 Å². The first-order valence-corrected chi connectivity index (χ1v) is 13.0. The molecule has 8 heteroatoms. The molecule has 0 amide bonds. The molecular weight excluding hydrogens is 548 g/mol. The second-order valence-corrected chi connectivity index (χ2v) is 9.60. The summed E-state index contributed by atoms with van der Waals surface area (Å²) in [4.78, 5) is 0. The molecule has 0 radical (unpaired) electrons. The van der Waals surface area contributed by atoms with Crippen molar-refractivity contribution >= 4 is 22.3 Å². The predicted molar refractivity (Wildman–Crippen MR) is 157 cm³/mol. The molecule has 2 aliphatic rings. The van der Waals surface area contributed by atoms with Crippen molar-refractivity contribution in [3.05, 3.63) is 153 Å². The van der Waals surface area contributed by atoms with Gasteiger partial charge in [-0.2, -0.15) is 31.6 Å². The lowest BCUT2D eigenvalue weighted by Crippen LogP contribution is -1.96. The first-order chi connectivity index (χ1) is 21.5. The number of nitriles is 6. The zero-order chi connectivity index (χ0) is 30.8. The summed E-state index contributed by atoms with van der Waals surface area (Å²) >= 11 is 0. The van der Waals surface area contributed by atoms with Gasteiger partial charge in [0.2, 0.25) is 11.5 Å². The Balaban J connectivity index is 1.68. The van der Waals surface area contributed by atoms with Crippen LogP contribution < -0.4 is 0 Å². The van der Waals surface area contributed by atoms with Gasteiger partial charge in [0, 0.05) is 11.1 Å². The maximum absolute atomic E-state index is 10.5. The SMILES string of the molecule is N#C/C(=C1\C(c2ccc(C#N)cc2)=CC2=C1C=C(c1ccc(C#N)cc1)/C2=C(\C#N)c1ccc(C#N)o1)c1ccc(C#N)o1. The van der Waals surface area contributed by atoms with Crippen LogP contribution in [0.5, 0.6) is 0 Å². The molecule has 0 spiro atoms. The molecule has 0 atom stereocenters. The maximum atomic E-state index is 10.5. The highest BCUT2D eigenvalue weighted by Crippen LogP contribution is 2.53. The Bertz CT molecular complexity index is 2140. The Morgan fingerprint density at radius 3 is 1.14 bits per heavy atom. The standard InChI is InChI=1S/C36H14N6O2/c37-15-21-1-5-23(6-2-21)27-13-29-30(35(27)31(19-41)33-11-9-25(17-39)43-33)14-28(24-7-3-22(16-38)4-8-24)36(29)32(20-42)34-12-10-26(18-40)44-34/h1-14H/b35-31-,36-32-. The summed E-state index contributed by atoms with van der Waals surface area (Å²) in [6, 6.07) is 32.5. The van der Waals surface area contributed by atoms with E-state index < -0.39 is 0 Å². The third-order valence-electron chi connectivity index (χ3n) is 7.24. The summed E-state index contributed by atoms with van der Waals surface area (Å²) in [7, 11) is 0. The van der Waals surface area contributed by atoms with Crippen molar-refractivity contribution in [1.82, 2.24) is 0 Å². The van der Waals surface area contributed by atoms with Crippen LogP contribution in [-0.4, -0.2) is 0 Å². The molecule has 0 fully saturated rings. The van der Waals surface area contributed by atoms with Crippen LogP contribution in [0.4, 0.5) is 0 Å². The first kappa shape index (κ1) is 26.8. The number of furan rings is 2. The zero-order valence-electron chi connectivity index (χ0n) is 22.6. The molecule has 0 saturated carbocycles. The predicted octanol–water partition coefficient (Wildman–Crippen LogP) is 7.10. The second kappa shape index (κ2) is 10.9. The molecular formula is C36H14N6O2. The van der Waals surface area contributed by atoms with E-state index in [9.17, 15) is 31.6 Å². The molecule has 4 aromatic rings. The van der Waals surface area contributed by atoms with Gasteiger partial charge in [-0.3, -0.25) is 0 Å². The molecule has 2 aromatic carbocycles. The fourth-order valence-electron chi connectivity index (χ4n) is 5.27. The van der Waals surface area contributed by atoms with Gasteiger partial charge < -0.3 is 8.83 Å². The quantitative estimate of drug-likeness (QED) is 0.237. The molecule has 200 valence electrons. The summed E-state index contributed by atoms with van der Waals surface area (Å²) < 4.78 is 11.4. The van der Waals surface area contributed by atoms with Gasteiger partial charge in [0.05, 0.1) is 23.3 Å². The van der Waals surface area contributed by atoms with E-state index in [-0.39, 0.29) is 34.2 Å². The van der Waals surface area contributed by atoms with Crippen molar-refractivity contribution in [2.24, 2.45) is 0 Å². The lowest BCUT2D eigenvalue weighted by Gasteiger charge is -2.13. The highest BCUT2D eigenvalue weighted by atomic mass is 16.3. The summed E-state index contributed by atoms with van der Waals surface area (Å²) in [5, 5.41) is 58.3. The number of benzene rings is 2. The average molecular weight is 563 g/mol. The fourth-order valence-corrected chi connectivity index (χ4v) is 5.27. The Hall–Kier alpha value is -7.36. The Morgan fingerprint density at radius 2 is 0.841 bits per heavy atom. The Labute approximate surface area is 251 Å². The number of hydrogen-bond acceptors (Lipinski definition) is 8. The molecule has 2 aromatic heterocycles. The number of allylic oxidation sites excluding steroid dienone is 10. The topological polar surface area (TPSA) is 169 Å². The van der Waals surface area contributed by atoms with E-state index in [0.717, 1.165) is 0 Å². The van der Waals surface area contributed by atoms with Crippen LogP contribution >= 0.6 is 0 Å². The highest BCUT2D eigenvalue weighted by Gasteiger charge is 2.36. The van der Waals surface area contributed by atoms with Crippen molar-refractivity contribution in [1.29, 1.82) is 31.6 Å². The molecule has 2 aliphatic carbocycles. The molecule has 6 rings (SSSR count). The molecule has 0 N–H and O–H groups in total. The molecule has 0 saturated heterocycles. The van der Waals surface area contributed by atoms with Gasteiger partial charge in [0.15, 0.2) is 0 Å². The van der Waals surface area contributed by atoms with E-state index in [4.69, 9.17) is 8.83 Å². The van der Waals surface area contributed by atoms with Crippen LogP contribution in [0.2, 0.25) is 0 Å². The summed E-state index contributed by atoms with van der Waals surface area (Å²) in [6.45, 7) is 0. The van der Waals surface area contributed by atoms with Crippen molar-refractivity contribution in [2.45, 2.75) is 0 Å². The van der Waals surface area contributed by atoms with Crippen molar-refractivity contribution in [3.8, 4) is 36.4 Å². The fraction of sp³-hybridized carbons (Fsp3) is 0. The van der Waals surface area contributed by atoms with Gasteiger partial charge in [-0.25, -0.2) is 0 Å². The lowest BCUT2D eigenvalue weighted by atomic mass is 9.89. The van der Waals surface area contributed by atoms with Crippen LogP contribution in [-0.2, 0) is 0 Å². The van der Waals surface area contributed by atoms with E-state index in [2.05, 4.69) is 24.3 Å². The lowest BCUT2D eigenvalue weighted by molar-refractivity contribution is 0.540. The van der Waals surface area contributed by atoms with Crippen molar-refractivity contribution in [3.63, 3.8) is 0 Å². The van der Waals surface area contributed by atoms with E-state index in [1.54, 1.807) is 60.7 Å². The van der Waals surface area contributed by atoms with Crippen molar-refractivity contribution in [2.75, 3.05) is 0 Å². The molecule has 0 aliphatic heterocycles. The third kappa shape index (κ3) is 4.38. The van der Waals surface area contributed by atoms with E-state index in [1.165, 1.54) is 12.1 Å². The van der Waals surface area contributed by atoms with Gasteiger partial charge in [-0.05, 0) is 94.1 Å². The minimum absolute atomic E-state index is 0.0446. The molecule has 2 heterocycles. The zero-order valence-corrected chi connectivity index (χ0v) is 22.6. The summed E-state index contributed by atoms with van der Waals surface area (Å²) in [5.41, 5.74) is 6.28. The molecule has 44 heavy (non-hydrogen) atoms. The number of rotatable bonds is 4. The molecule has 0 unspecified atom stereocenters. The molecule has 0 bridgehead atoms. The number of nitrogens with zero attached hydrogens (tertiary/aromatic N) is 6. The maximum Gasteiger partial charge on any atom is 0.204 e. The average Bonchev–Trinajstić information content (AvgIpc) is 3.87. The van der Waals surface area contributed by atoms with E-state index in [1.807, 2.05) is 24.3 Å². The van der Waals surface area contributed by atoms with Gasteiger partial charge >= 0.3 is 0 Å². The van der Waals surface area contributed by atoms with Crippen LogP contribution in [0.15, 0.2) is 116 Å². The summed E-state index contributed by atoms with van der Waals surface area (Å²) in [5.74, 6) is 0.484. The first-order valence-electron chi connectivity index (χ1n) is 13.0. The minimum atomic E-state index is 0.0446. The Morgan fingerprint density at radius 1 is 0.455 bits per heavy atom. The van der Waals surface area contributed by atoms with Gasteiger partial charge in [-0.1, -0.05) is 24.3 Å². The number of hydrogen-bond donors (Lipinski definition) is 0. The second-order valence-electron chi connectivity index (χ2n) is 9.60. The van der Waals surface area contributed by atoms with Gasteiger partial charge in [-0.15, -0.1) is 0 Å². The van der Waals surface area contributed by atoms with Crippen LogP contribution in [0.25, 0.3) is 22.3 Å². The third-order valence-corrected chi connectivity index (χ3v) is 7.24. The van der Waals surface area contributed by atoms with Crippen LogP contribution in [0.1, 0.15) is 45.3 Å². The Kier molecular flexibility index (Phi) is 6.65. The van der Waals surface area contributed by atoms with Gasteiger partial charge in [0.25, 0.3) is 0 Å². The van der Waals surface area contributed by atoms with Crippen LogP contribution in [0.3, 0.4) is 0 Å². The summed E-state index contributed by atoms with van der Waals surface area (Å²) in [6.07, 6.45) is 3.73. The van der Waals surface area contributed by atoms with E-state index in [0.29, 0.717) is 55.7 Å². The smallest absolute Gasteiger partial charge is 0.204 e. The van der Waals surface area contributed by atoms with Crippen molar-refractivity contribution < 1.29 is 8.83 Å². The molecule has 8 nitrogen and oxygen atoms in total. The monoisotopic (exact) mass is 562 g/mol. The normalized spacial score (nSPS) is 15.4. The minimum Gasteiger partial charge on any atom is -0.445 e. The highest BCUT2D eigenvalue weighted by molar-refractivity contribution is 6.11. The van der Waals surface area contributed by atoms with E-state index >= 15 is 0 Å². The van der Waals surface area contributed by atoms with Crippen LogP contribution in [0, 0.1) is 68.0 Å². The largest absolute Gasteiger partial charge is 0.445 e.